The fraction of sp³-hybridized carbons (Fsp3) is 0.333. The lowest BCUT2D eigenvalue weighted by Gasteiger charge is -2.01. The predicted molar refractivity (Wildman–Crippen MR) is 75.8 cm³/mol. The molecule has 120 valence electrons. The van der Waals surface area contributed by atoms with E-state index in [0.29, 0.717) is 11.4 Å². The van der Waals surface area contributed by atoms with Crippen molar-refractivity contribution >= 4 is 11.9 Å². The van der Waals surface area contributed by atoms with Crippen LogP contribution in [0.25, 0.3) is 0 Å². The fourth-order valence-corrected chi connectivity index (χ4v) is 1.43. The Morgan fingerprint density at radius 2 is 1.32 bits per heavy atom. The quantitative estimate of drug-likeness (QED) is 0.381. The average molecular weight is 310 g/mol. The van der Waals surface area contributed by atoms with Gasteiger partial charge in [-0.2, -0.15) is 0 Å². The van der Waals surface area contributed by atoms with Crippen molar-refractivity contribution in [3.05, 3.63) is 36.4 Å². The summed E-state index contributed by atoms with van der Waals surface area (Å²) in [7, 11) is 0. The number of imidazole rings is 2. The topological polar surface area (TPSA) is 184 Å². The van der Waals surface area contributed by atoms with Crippen LogP contribution in [0.2, 0.25) is 0 Å². The molecule has 0 saturated heterocycles. The molecule has 22 heavy (non-hydrogen) atoms. The summed E-state index contributed by atoms with van der Waals surface area (Å²) in [6.45, 7) is 0. The maximum Gasteiger partial charge on any atom is 0.320 e. The van der Waals surface area contributed by atoms with Crippen LogP contribution in [0, 0.1) is 0 Å². The van der Waals surface area contributed by atoms with E-state index < -0.39 is 24.0 Å². The summed E-state index contributed by atoms with van der Waals surface area (Å²) in [6, 6.07) is -1.73. The smallest absolute Gasteiger partial charge is 0.320 e. The predicted octanol–water partition coefficient (Wildman–Crippen LogP) is -1.27. The first-order valence-corrected chi connectivity index (χ1v) is 6.32. The Kier molecular flexibility index (Phi) is 6.73. The minimum atomic E-state index is -1.01. The van der Waals surface area contributed by atoms with Gasteiger partial charge in [0.15, 0.2) is 0 Å². The lowest BCUT2D eigenvalue weighted by atomic mass is 10.2. The van der Waals surface area contributed by atoms with Crippen LogP contribution in [0.1, 0.15) is 11.4 Å². The molecular weight excluding hydrogens is 292 g/mol. The second kappa shape index (κ2) is 8.54. The molecule has 0 aliphatic rings. The SMILES string of the molecule is NC(Cc1c[nH]cn1)C(=O)O.NC(Cc1c[nH]cn1)C(=O)O. The van der Waals surface area contributed by atoms with Crippen molar-refractivity contribution in [3.8, 4) is 0 Å². The number of aromatic amines is 2. The van der Waals surface area contributed by atoms with Crippen LogP contribution >= 0.6 is 0 Å². The van der Waals surface area contributed by atoms with Crippen molar-refractivity contribution in [3.63, 3.8) is 0 Å². The van der Waals surface area contributed by atoms with E-state index in [-0.39, 0.29) is 12.8 Å². The van der Waals surface area contributed by atoms with Gasteiger partial charge in [0.05, 0.1) is 24.0 Å². The maximum atomic E-state index is 10.3. The number of aromatic nitrogens is 4. The molecule has 2 aromatic heterocycles. The molecule has 0 spiro atoms. The Hall–Kier alpha value is -2.72. The van der Waals surface area contributed by atoms with Gasteiger partial charge in [-0.15, -0.1) is 0 Å². The fourth-order valence-electron chi connectivity index (χ4n) is 1.43. The number of rotatable bonds is 6. The van der Waals surface area contributed by atoms with E-state index >= 15 is 0 Å². The summed E-state index contributed by atoms with van der Waals surface area (Å²) in [5, 5.41) is 16.8. The molecule has 10 heteroatoms. The van der Waals surface area contributed by atoms with E-state index in [1.807, 2.05) is 0 Å². The highest BCUT2D eigenvalue weighted by Crippen LogP contribution is 1.96. The first-order chi connectivity index (χ1) is 10.4. The van der Waals surface area contributed by atoms with E-state index in [2.05, 4.69) is 19.9 Å². The first-order valence-electron chi connectivity index (χ1n) is 6.32. The molecule has 2 aromatic rings. The molecule has 0 bridgehead atoms. The number of hydrogen-bond donors (Lipinski definition) is 6. The summed E-state index contributed by atoms with van der Waals surface area (Å²) in [4.78, 5) is 33.6. The van der Waals surface area contributed by atoms with Crippen molar-refractivity contribution < 1.29 is 19.8 Å². The Morgan fingerprint density at radius 1 is 0.955 bits per heavy atom. The lowest BCUT2D eigenvalue weighted by molar-refractivity contribution is -0.139. The van der Waals surface area contributed by atoms with Gasteiger partial charge in [0.1, 0.15) is 12.1 Å². The normalized spacial score (nSPS) is 12.8. The number of nitrogens with zero attached hydrogens (tertiary/aromatic N) is 2. The molecule has 10 nitrogen and oxygen atoms in total. The van der Waals surface area contributed by atoms with E-state index in [1.165, 1.54) is 12.7 Å². The van der Waals surface area contributed by atoms with E-state index in [0.717, 1.165) is 0 Å². The zero-order valence-electron chi connectivity index (χ0n) is 11.6. The van der Waals surface area contributed by atoms with Gasteiger partial charge >= 0.3 is 11.9 Å². The highest BCUT2D eigenvalue weighted by molar-refractivity contribution is 5.73. The number of aliphatic carboxylic acids is 2. The van der Waals surface area contributed by atoms with Crippen LogP contribution in [0.3, 0.4) is 0 Å². The number of H-pyrrole nitrogens is 2. The third kappa shape index (κ3) is 6.15. The number of nitrogens with two attached hydrogens (primary N) is 2. The Bertz CT molecular complexity index is 516. The number of carboxylic acids is 2. The van der Waals surface area contributed by atoms with E-state index in [4.69, 9.17) is 21.7 Å². The summed E-state index contributed by atoms with van der Waals surface area (Å²) < 4.78 is 0. The summed E-state index contributed by atoms with van der Waals surface area (Å²) in [5.74, 6) is -2.01. The van der Waals surface area contributed by atoms with Gasteiger partial charge < -0.3 is 31.6 Å². The van der Waals surface area contributed by atoms with Crippen LogP contribution in [0.5, 0.6) is 0 Å². The third-order valence-corrected chi connectivity index (χ3v) is 2.60. The van der Waals surface area contributed by atoms with Gasteiger partial charge in [-0.1, -0.05) is 0 Å². The highest BCUT2D eigenvalue weighted by Gasteiger charge is 2.13. The molecule has 0 fully saturated rings. The van der Waals surface area contributed by atoms with Gasteiger partial charge in [0.2, 0.25) is 0 Å². The van der Waals surface area contributed by atoms with Gasteiger partial charge in [0.25, 0.3) is 0 Å². The molecule has 2 atom stereocenters. The summed E-state index contributed by atoms with van der Waals surface area (Å²) in [5.41, 5.74) is 11.8. The van der Waals surface area contributed by atoms with Gasteiger partial charge in [-0.25, -0.2) is 9.97 Å². The van der Waals surface area contributed by atoms with Crippen molar-refractivity contribution in [1.82, 2.24) is 19.9 Å². The first kappa shape index (κ1) is 17.3. The second-order valence-corrected chi connectivity index (χ2v) is 4.42. The third-order valence-electron chi connectivity index (χ3n) is 2.60. The minimum absolute atomic E-state index is 0.263. The molecule has 0 aliphatic carbocycles. The van der Waals surface area contributed by atoms with E-state index in [9.17, 15) is 9.59 Å². The van der Waals surface area contributed by atoms with Gasteiger partial charge in [0, 0.05) is 25.2 Å². The van der Waals surface area contributed by atoms with Crippen molar-refractivity contribution in [1.29, 1.82) is 0 Å². The maximum absolute atomic E-state index is 10.3. The zero-order chi connectivity index (χ0) is 16.5. The van der Waals surface area contributed by atoms with Gasteiger partial charge in [-0.05, 0) is 0 Å². The van der Waals surface area contributed by atoms with Gasteiger partial charge in [-0.3, -0.25) is 9.59 Å². The van der Waals surface area contributed by atoms with Crippen LogP contribution in [0.4, 0.5) is 0 Å². The largest absolute Gasteiger partial charge is 0.480 e. The van der Waals surface area contributed by atoms with Crippen LogP contribution in [-0.2, 0) is 22.4 Å². The Balaban J connectivity index is 0.000000220. The molecule has 0 radical (unpaired) electrons. The molecule has 2 unspecified atom stereocenters. The highest BCUT2D eigenvalue weighted by atomic mass is 16.4. The average Bonchev–Trinajstić information content (AvgIpc) is 3.12. The van der Waals surface area contributed by atoms with Crippen LogP contribution in [-0.4, -0.2) is 54.2 Å². The van der Waals surface area contributed by atoms with E-state index in [1.54, 1.807) is 12.4 Å². The van der Waals surface area contributed by atoms with Crippen LogP contribution < -0.4 is 11.5 Å². The summed E-state index contributed by atoms with van der Waals surface area (Å²) in [6.07, 6.45) is 6.76. The Morgan fingerprint density at radius 3 is 1.55 bits per heavy atom. The molecule has 2 rings (SSSR count). The minimum Gasteiger partial charge on any atom is -0.480 e. The summed E-state index contributed by atoms with van der Waals surface area (Å²) >= 11 is 0. The molecule has 2 heterocycles. The number of carboxylic acid groups (broad SMARTS) is 2. The molecule has 0 aliphatic heterocycles. The molecular formula is C12H18N6O4. The van der Waals surface area contributed by atoms with Crippen LogP contribution in [0.15, 0.2) is 25.0 Å². The molecule has 8 N–H and O–H groups in total. The molecule has 0 amide bonds. The number of nitrogens with one attached hydrogen (secondary N) is 2. The van der Waals surface area contributed by atoms with Crippen molar-refractivity contribution in [2.24, 2.45) is 11.5 Å². The Labute approximate surface area is 125 Å². The lowest BCUT2D eigenvalue weighted by Crippen LogP contribution is -2.32. The van der Waals surface area contributed by atoms with Crippen molar-refractivity contribution in [2.45, 2.75) is 24.9 Å². The standard InChI is InChI=1S/2C6H9N3O2/c2*7-5(6(10)11)1-4-2-8-3-9-4/h2*2-3,5H,1,7H2,(H,8,9)(H,10,11). The van der Waals surface area contributed by atoms with Crippen molar-refractivity contribution in [2.75, 3.05) is 0 Å². The zero-order valence-corrected chi connectivity index (χ0v) is 11.6. The number of carbonyl (C=O) groups is 2. The molecule has 0 saturated carbocycles. The molecule has 0 aromatic carbocycles. The number of hydrogen-bond acceptors (Lipinski definition) is 6. The second-order valence-electron chi connectivity index (χ2n) is 4.42. The monoisotopic (exact) mass is 310 g/mol.